The number of aliphatic hydroxyl groups excluding tert-OH is 2. The van der Waals surface area contributed by atoms with Gasteiger partial charge in [-0.2, -0.15) is 0 Å². The van der Waals surface area contributed by atoms with Crippen molar-refractivity contribution in [2.75, 3.05) is 0 Å². The minimum absolute atomic E-state index is 0.394. The van der Waals surface area contributed by atoms with Crippen molar-refractivity contribution < 1.29 is 19.4 Å². The highest BCUT2D eigenvalue weighted by molar-refractivity contribution is 5.79. The Balaban J connectivity index is 2.25. The van der Waals surface area contributed by atoms with Gasteiger partial charge in [-0.15, -0.1) is 0 Å². The Hall–Kier alpha value is -1.85. The van der Waals surface area contributed by atoms with Crippen molar-refractivity contribution in [3.8, 4) is 5.75 Å². The number of ether oxygens (including phenoxy) is 1. The molecule has 0 aliphatic carbocycles. The summed E-state index contributed by atoms with van der Waals surface area (Å²) in [5, 5.41) is 20.9. The van der Waals surface area contributed by atoms with Crippen molar-refractivity contribution in [1.82, 2.24) is 0 Å². The second-order valence-corrected chi connectivity index (χ2v) is 5.28. The summed E-state index contributed by atoms with van der Waals surface area (Å²) in [5.74, 6) is 0.421. The van der Waals surface area contributed by atoms with Crippen LogP contribution in [0.2, 0.25) is 0 Å². The van der Waals surface area contributed by atoms with E-state index in [-0.39, 0.29) is 0 Å². The van der Waals surface area contributed by atoms with Crippen molar-refractivity contribution in [2.24, 2.45) is 0 Å². The molecule has 1 aromatic carbocycles. The van der Waals surface area contributed by atoms with Crippen LogP contribution in [0.1, 0.15) is 25.5 Å². The van der Waals surface area contributed by atoms with E-state index >= 15 is 0 Å². The summed E-state index contributed by atoms with van der Waals surface area (Å²) in [6.07, 6.45) is -2.05. The van der Waals surface area contributed by atoms with Gasteiger partial charge in [0.15, 0.2) is 0 Å². The van der Waals surface area contributed by atoms with Crippen LogP contribution in [0.5, 0.6) is 5.75 Å². The number of rotatable bonds is 0. The first-order valence-electron chi connectivity index (χ1n) is 6.01. The lowest BCUT2D eigenvalue weighted by molar-refractivity contribution is -0.111. The summed E-state index contributed by atoms with van der Waals surface area (Å²) in [7, 11) is 0. The van der Waals surface area contributed by atoms with Gasteiger partial charge in [-0.05, 0) is 26.0 Å². The van der Waals surface area contributed by atoms with E-state index < -0.39 is 23.4 Å². The molecule has 0 spiro atoms. The van der Waals surface area contributed by atoms with E-state index in [1.165, 1.54) is 6.07 Å². The Morgan fingerprint density at radius 2 is 1.95 bits per heavy atom. The predicted octanol–water partition coefficient (Wildman–Crippen LogP) is 1.36. The molecule has 3 rings (SSSR count). The lowest BCUT2D eigenvalue weighted by Gasteiger charge is -2.40. The van der Waals surface area contributed by atoms with Crippen molar-refractivity contribution in [3.63, 3.8) is 0 Å². The van der Waals surface area contributed by atoms with Crippen LogP contribution in [0, 0.1) is 0 Å². The van der Waals surface area contributed by atoms with Gasteiger partial charge in [0.2, 0.25) is 0 Å². The average Bonchev–Trinajstić information content (AvgIpc) is 2.34. The molecule has 0 saturated heterocycles. The molecule has 2 atom stereocenters. The standard InChI is InChI=1S/C14H14O5/c1-14(2)13(17)12(16)8-5-7-3-4-11(15)18-9(7)6-10(8)19-14/h3-6,12-13,16-17H,1-2H3/t12-,13-/m0/s1. The maximum absolute atomic E-state index is 11.2. The van der Waals surface area contributed by atoms with Gasteiger partial charge in [-0.25, -0.2) is 4.79 Å². The molecule has 2 N–H and O–H groups in total. The Morgan fingerprint density at radius 3 is 2.68 bits per heavy atom. The highest BCUT2D eigenvalue weighted by atomic mass is 16.5. The van der Waals surface area contributed by atoms with Crippen LogP contribution in [0.15, 0.2) is 33.5 Å². The zero-order chi connectivity index (χ0) is 13.8. The van der Waals surface area contributed by atoms with Gasteiger partial charge in [0.25, 0.3) is 0 Å². The van der Waals surface area contributed by atoms with Crippen LogP contribution in [0.25, 0.3) is 11.0 Å². The zero-order valence-electron chi connectivity index (χ0n) is 10.6. The van der Waals surface area contributed by atoms with Crippen molar-refractivity contribution >= 4 is 11.0 Å². The van der Waals surface area contributed by atoms with E-state index in [0.29, 0.717) is 22.3 Å². The summed E-state index contributed by atoms with van der Waals surface area (Å²) in [5.41, 5.74) is -0.461. The predicted molar refractivity (Wildman–Crippen MR) is 68.2 cm³/mol. The first-order valence-corrected chi connectivity index (χ1v) is 6.01. The van der Waals surface area contributed by atoms with E-state index in [0.717, 1.165) is 0 Å². The molecule has 2 heterocycles. The smallest absolute Gasteiger partial charge is 0.336 e. The summed E-state index contributed by atoms with van der Waals surface area (Å²) >= 11 is 0. The minimum atomic E-state index is -1.03. The molecule has 0 amide bonds. The molecule has 0 fully saturated rings. The summed E-state index contributed by atoms with van der Waals surface area (Å²) in [4.78, 5) is 11.2. The molecule has 2 aromatic rings. The molecule has 0 saturated carbocycles. The molecule has 0 bridgehead atoms. The fourth-order valence-electron chi connectivity index (χ4n) is 2.33. The van der Waals surface area contributed by atoms with Crippen molar-refractivity contribution in [3.05, 3.63) is 40.2 Å². The Kier molecular flexibility index (Phi) is 2.45. The normalized spacial score (nSPS) is 24.8. The highest BCUT2D eigenvalue weighted by Gasteiger charge is 2.42. The summed E-state index contributed by atoms with van der Waals surface area (Å²) in [6.45, 7) is 3.38. The molecular weight excluding hydrogens is 248 g/mol. The third kappa shape index (κ3) is 1.82. The van der Waals surface area contributed by atoms with Gasteiger partial charge in [-0.1, -0.05) is 0 Å². The van der Waals surface area contributed by atoms with Crippen LogP contribution >= 0.6 is 0 Å². The molecule has 0 radical (unpaired) electrons. The molecule has 100 valence electrons. The largest absolute Gasteiger partial charge is 0.485 e. The topological polar surface area (TPSA) is 79.9 Å². The highest BCUT2D eigenvalue weighted by Crippen LogP contribution is 2.41. The molecule has 5 heteroatoms. The third-order valence-corrected chi connectivity index (χ3v) is 3.45. The minimum Gasteiger partial charge on any atom is -0.485 e. The second kappa shape index (κ2) is 3.82. The SMILES string of the molecule is CC1(C)Oc2cc3oc(=O)ccc3cc2[C@H](O)[C@@H]1O. The lowest BCUT2D eigenvalue weighted by Crippen LogP contribution is -2.48. The van der Waals surface area contributed by atoms with Crippen LogP contribution < -0.4 is 10.4 Å². The van der Waals surface area contributed by atoms with Gasteiger partial charge < -0.3 is 19.4 Å². The average molecular weight is 262 g/mol. The molecule has 1 aromatic heterocycles. The van der Waals surface area contributed by atoms with E-state index in [2.05, 4.69) is 0 Å². The Bertz CT molecular complexity index is 701. The first kappa shape index (κ1) is 12.2. The molecule has 1 aliphatic heterocycles. The van der Waals surface area contributed by atoms with Gasteiger partial charge in [0.05, 0.1) is 0 Å². The maximum Gasteiger partial charge on any atom is 0.336 e. The monoisotopic (exact) mass is 262 g/mol. The molecule has 0 unspecified atom stereocenters. The van der Waals surface area contributed by atoms with Crippen LogP contribution in [0.3, 0.4) is 0 Å². The Morgan fingerprint density at radius 1 is 1.21 bits per heavy atom. The van der Waals surface area contributed by atoms with Gasteiger partial charge >= 0.3 is 5.63 Å². The van der Waals surface area contributed by atoms with Gasteiger partial charge in [0, 0.05) is 23.1 Å². The maximum atomic E-state index is 11.2. The molecule has 19 heavy (non-hydrogen) atoms. The fraction of sp³-hybridized carbons (Fsp3) is 0.357. The zero-order valence-corrected chi connectivity index (χ0v) is 10.6. The number of hydrogen-bond acceptors (Lipinski definition) is 5. The van der Waals surface area contributed by atoms with Crippen LogP contribution in [-0.2, 0) is 0 Å². The summed E-state index contributed by atoms with van der Waals surface area (Å²) < 4.78 is 10.8. The van der Waals surface area contributed by atoms with E-state index in [4.69, 9.17) is 9.15 Å². The molecule has 5 nitrogen and oxygen atoms in total. The van der Waals surface area contributed by atoms with Gasteiger partial charge in [-0.3, -0.25) is 0 Å². The van der Waals surface area contributed by atoms with Crippen LogP contribution in [0.4, 0.5) is 0 Å². The molecule has 1 aliphatic rings. The summed E-state index contributed by atoms with van der Waals surface area (Å²) in [6, 6.07) is 6.16. The van der Waals surface area contributed by atoms with Crippen LogP contribution in [-0.4, -0.2) is 21.9 Å². The van der Waals surface area contributed by atoms with Gasteiger partial charge in [0.1, 0.15) is 29.1 Å². The van der Waals surface area contributed by atoms with Crippen molar-refractivity contribution in [2.45, 2.75) is 31.7 Å². The number of benzene rings is 1. The fourth-order valence-corrected chi connectivity index (χ4v) is 2.33. The third-order valence-electron chi connectivity index (χ3n) is 3.45. The number of aliphatic hydroxyl groups is 2. The van der Waals surface area contributed by atoms with E-state index in [9.17, 15) is 15.0 Å². The Labute approximate surface area is 109 Å². The lowest BCUT2D eigenvalue weighted by atomic mass is 9.88. The van der Waals surface area contributed by atoms with E-state index in [1.807, 2.05) is 0 Å². The van der Waals surface area contributed by atoms with E-state index in [1.54, 1.807) is 32.0 Å². The second-order valence-electron chi connectivity index (χ2n) is 5.28. The molecular formula is C14H14O5. The number of fused-ring (bicyclic) bond motifs is 2. The van der Waals surface area contributed by atoms with Crippen molar-refractivity contribution in [1.29, 1.82) is 0 Å². The number of hydrogen-bond donors (Lipinski definition) is 2. The quantitative estimate of drug-likeness (QED) is 0.701. The first-order chi connectivity index (χ1) is 8.88.